The van der Waals surface area contributed by atoms with Gasteiger partial charge in [-0.2, -0.15) is 0 Å². The summed E-state index contributed by atoms with van der Waals surface area (Å²) in [5, 5.41) is 17.5. The highest BCUT2D eigenvalue weighted by molar-refractivity contribution is 9.10. The Morgan fingerprint density at radius 3 is 2.52 bits per heavy atom. The molecule has 0 saturated carbocycles. The number of aromatic hydroxyl groups is 1. The second kappa shape index (κ2) is 9.42. The van der Waals surface area contributed by atoms with Gasteiger partial charge in [0, 0.05) is 15.7 Å². The van der Waals surface area contributed by atoms with Crippen LogP contribution in [0.25, 0.3) is 5.70 Å². The quantitative estimate of drug-likeness (QED) is 0.344. The maximum atomic E-state index is 13.8. The average molecular weight is 548 g/mol. The summed E-state index contributed by atoms with van der Waals surface area (Å²) in [6, 6.07) is 17.8. The molecule has 3 N–H and O–H groups in total. The summed E-state index contributed by atoms with van der Waals surface area (Å²) in [4.78, 5) is 0. The highest BCUT2D eigenvalue weighted by Gasteiger charge is 2.26. The van der Waals surface area contributed by atoms with Crippen molar-refractivity contribution in [3.63, 3.8) is 0 Å². The lowest BCUT2D eigenvalue weighted by atomic mass is 9.98. The van der Waals surface area contributed by atoms with Crippen LogP contribution < -0.4 is 15.4 Å². The third kappa shape index (κ3) is 4.95. The number of hydrogen-bond donors (Lipinski definition) is 3. The molecular formula is C24H21Br2FN2O2. The van der Waals surface area contributed by atoms with Crippen LogP contribution in [0.3, 0.4) is 0 Å². The predicted octanol–water partition coefficient (Wildman–Crippen LogP) is 6.43. The van der Waals surface area contributed by atoms with Gasteiger partial charge in [0.15, 0.2) is 0 Å². The fourth-order valence-electron chi connectivity index (χ4n) is 3.54. The molecule has 4 rings (SSSR count). The standard InChI is InChI=1S/C24H21Br2FN2O2/c1-2-31-17-7-3-14(4-8-17)21-13-22(18-12-16(25)6-10-23(18)30)29-24(28-21)15-5-9-20(27)19(26)11-15/h3-13,22,24,28-30H,2H2,1H3. The molecule has 160 valence electrons. The normalized spacial score (nSPS) is 18.3. The van der Waals surface area contributed by atoms with Gasteiger partial charge in [0.1, 0.15) is 23.5 Å². The van der Waals surface area contributed by atoms with Crippen molar-refractivity contribution >= 4 is 37.6 Å². The van der Waals surface area contributed by atoms with E-state index in [-0.39, 0.29) is 23.8 Å². The Hall–Kier alpha value is -2.35. The molecule has 2 atom stereocenters. The zero-order valence-electron chi connectivity index (χ0n) is 16.7. The molecule has 31 heavy (non-hydrogen) atoms. The Balaban J connectivity index is 1.74. The Labute approximate surface area is 197 Å². The number of ether oxygens (including phenoxy) is 1. The van der Waals surface area contributed by atoms with Crippen LogP contribution in [0, 0.1) is 5.82 Å². The smallest absolute Gasteiger partial charge is 0.137 e. The number of hydrogen-bond acceptors (Lipinski definition) is 4. The van der Waals surface area contributed by atoms with Gasteiger partial charge >= 0.3 is 0 Å². The van der Waals surface area contributed by atoms with Crippen molar-refractivity contribution in [3.05, 3.63) is 98.2 Å². The molecular weight excluding hydrogens is 527 g/mol. The van der Waals surface area contributed by atoms with Gasteiger partial charge in [-0.05, 0) is 94.7 Å². The van der Waals surface area contributed by atoms with Crippen LogP contribution in [-0.4, -0.2) is 11.7 Å². The van der Waals surface area contributed by atoms with Crippen molar-refractivity contribution in [1.82, 2.24) is 10.6 Å². The van der Waals surface area contributed by atoms with E-state index in [0.717, 1.165) is 32.6 Å². The lowest BCUT2D eigenvalue weighted by Crippen LogP contribution is -2.39. The summed E-state index contributed by atoms with van der Waals surface area (Å²) in [5.74, 6) is 0.688. The van der Waals surface area contributed by atoms with E-state index in [4.69, 9.17) is 4.74 Å². The first-order valence-electron chi connectivity index (χ1n) is 9.85. The number of phenols is 1. The van der Waals surface area contributed by atoms with Gasteiger partial charge in [0.25, 0.3) is 0 Å². The number of nitrogens with one attached hydrogen (secondary N) is 2. The lowest BCUT2D eigenvalue weighted by molar-refractivity contribution is 0.340. The summed E-state index contributed by atoms with van der Waals surface area (Å²) in [5.41, 5.74) is 3.49. The number of phenolic OH excluding ortho intramolecular Hbond substituents is 1. The SMILES string of the molecule is CCOc1ccc(C2=CC(c3cc(Br)ccc3O)NC(c3ccc(F)c(Br)c3)N2)cc1. The zero-order valence-corrected chi connectivity index (χ0v) is 19.9. The third-order valence-corrected chi connectivity index (χ3v) is 6.16. The molecule has 3 aromatic rings. The Kier molecular flexibility index (Phi) is 6.65. The van der Waals surface area contributed by atoms with Crippen molar-refractivity contribution in [2.24, 2.45) is 0 Å². The second-order valence-corrected chi connectivity index (χ2v) is 8.91. The maximum Gasteiger partial charge on any atom is 0.137 e. The molecule has 7 heteroatoms. The van der Waals surface area contributed by atoms with E-state index in [0.29, 0.717) is 11.1 Å². The van der Waals surface area contributed by atoms with E-state index in [1.54, 1.807) is 24.3 Å². The van der Waals surface area contributed by atoms with Gasteiger partial charge in [-0.15, -0.1) is 0 Å². The van der Waals surface area contributed by atoms with E-state index in [1.165, 1.54) is 6.07 Å². The minimum Gasteiger partial charge on any atom is -0.508 e. The first-order chi connectivity index (χ1) is 14.9. The Morgan fingerprint density at radius 2 is 1.81 bits per heavy atom. The first kappa shape index (κ1) is 21.9. The molecule has 3 aromatic carbocycles. The van der Waals surface area contributed by atoms with Crippen LogP contribution in [0.5, 0.6) is 11.5 Å². The number of rotatable bonds is 5. The average Bonchev–Trinajstić information content (AvgIpc) is 2.78. The molecule has 1 aliphatic heterocycles. The van der Waals surface area contributed by atoms with Crippen LogP contribution in [0.1, 0.15) is 35.8 Å². The van der Waals surface area contributed by atoms with Crippen molar-refractivity contribution in [3.8, 4) is 11.5 Å². The fourth-order valence-corrected chi connectivity index (χ4v) is 4.32. The summed E-state index contributed by atoms with van der Waals surface area (Å²) >= 11 is 6.76. The van der Waals surface area contributed by atoms with E-state index in [9.17, 15) is 9.50 Å². The van der Waals surface area contributed by atoms with Crippen molar-refractivity contribution in [2.75, 3.05) is 6.61 Å². The molecule has 0 radical (unpaired) electrons. The van der Waals surface area contributed by atoms with E-state index < -0.39 is 0 Å². The molecule has 0 fully saturated rings. The van der Waals surface area contributed by atoms with Crippen LogP contribution in [0.4, 0.5) is 4.39 Å². The zero-order chi connectivity index (χ0) is 22.0. The minimum atomic E-state index is -0.317. The van der Waals surface area contributed by atoms with Gasteiger partial charge in [0.05, 0.1) is 17.1 Å². The van der Waals surface area contributed by atoms with Crippen LogP contribution in [0.15, 0.2) is 75.7 Å². The van der Waals surface area contributed by atoms with Crippen LogP contribution in [-0.2, 0) is 0 Å². The minimum absolute atomic E-state index is 0.198. The molecule has 0 aromatic heterocycles. The van der Waals surface area contributed by atoms with Crippen molar-refractivity contribution in [2.45, 2.75) is 19.1 Å². The highest BCUT2D eigenvalue weighted by Crippen LogP contribution is 2.35. The van der Waals surface area contributed by atoms with E-state index >= 15 is 0 Å². The van der Waals surface area contributed by atoms with Crippen molar-refractivity contribution < 1.29 is 14.2 Å². The monoisotopic (exact) mass is 546 g/mol. The lowest BCUT2D eigenvalue weighted by Gasteiger charge is -2.33. The number of benzene rings is 3. The summed E-state index contributed by atoms with van der Waals surface area (Å²) in [7, 11) is 0. The first-order valence-corrected chi connectivity index (χ1v) is 11.4. The van der Waals surface area contributed by atoms with Gasteiger partial charge in [-0.1, -0.05) is 22.0 Å². The summed E-state index contributed by atoms with van der Waals surface area (Å²) < 4.78 is 20.6. The van der Waals surface area contributed by atoms with Gasteiger partial charge < -0.3 is 15.2 Å². The fraction of sp³-hybridized carbons (Fsp3) is 0.167. The molecule has 1 aliphatic rings. The molecule has 4 nitrogen and oxygen atoms in total. The summed E-state index contributed by atoms with van der Waals surface area (Å²) in [6.45, 7) is 2.56. The predicted molar refractivity (Wildman–Crippen MR) is 127 cm³/mol. The summed E-state index contributed by atoms with van der Waals surface area (Å²) in [6.07, 6.45) is 1.73. The van der Waals surface area contributed by atoms with Crippen LogP contribution in [0.2, 0.25) is 0 Å². The molecule has 1 heterocycles. The van der Waals surface area contributed by atoms with Crippen molar-refractivity contribution in [1.29, 1.82) is 0 Å². The van der Waals surface area contributed by atoms with Crippen LogP contribution >= 0.6 is 31.9 Å². The topological polar surface area (TPSA) is 53.5 Å². The van der Waals surface area contributed by atoms with Gasteiger partial charge in [-0.3, -0.25) is 5.32 Å². The molecule has 2 unspecified atom stereocenters. The molecule has 0 saturated heterocycles. The van der Waals surface area contributed by atoms with E-state index in [1.807, 2.05) is 43.3 Å². The molecule has 0 spiro atoms. The van der Waals surface area contributed by atoms with Gasteiger partial charge in [-0.25, -0.2) is 4.39 Å². The molecule has 0 amide bonds. The largest absolute Gasteiger partial charge is 0.508 e. The Bertz CT molecular complexity index is 1120. The number of halogens is 3. The highest BCUT2D eigenvalue weighted by atomic mass is 79.9. The van der Waals surface area contributed by atoms with Gasteiger partial charge in [0.2, 0.25) is 0 Å². The van der Waals surface area contributed by atoms with E-state index in [2.05, 4.69) is 42.5 Å². The third-order valence-electron chi connectivity index (χ3n) is 5.06. The maximum absolute atomic E-state index is 13.8. The Morgan fingerprint density at radius 1 is 1.03 bits per heavy atom. The molecule has 0 aliphatic carbocycles. The second-order valence-electron chi connectivity index (χ2n) is 7.14. The molecule has 0 bridgehead atoms.